The Balaban J connectivity index is 2.18. The monoisotopic (exact) mass is 945 g/mol. The van der Waals surface area contributed by atoms with Gasteiger partial charge in [0.25, 0.3) is 0 Å². The van der Waals surface area contributed by atoms with Crippen LogP contribution < -0.4 is 0 Å². The van der Waals surface area contributed by atoms with Gasteiger partial charge in [-0.3, -0.25) is 4.18 Å². The molecule has 1 heterocycles. The minimum atomic E-state index is -1.08. The third-order valence-electron chi connectivity index (χ3n) is 4.67. The molecule has 1 aliphatic rings. The normalized spacial score (nSPS) is 14.7. The molecule has 0 saturated heterocycles. The molecule has 0 spiro atoms. The molecule has 2 N–H and O–H groups in total. The number of halogens is 8. The summed E-state index contributed by atoms with van der Waals surface area (Å²) in [5.41, 5.74) is 1.32. The van der Waals surface area contributed by atoms with Crippen LogP contribution in [0.1, 0.15) is 16.7 Å². The number of fused-ring (bicyclic) bond motifs is 1. The van der Waals surface area contributed by atoms with E-state index in [1.165, 1.54) is 12.0 Å². The molecule has 3 aromatic rings. The van der Waals surface area contributed by atoms with Crippen molar-refractivity contribution in [3.8, 4) is 11.5 Å². The van der Waals surface area contributed by atoms with Gasteiger partial charge in [0, 0.05) is 35.5 Å². The molecule has 0 saturated carbocycles. The van der Waals surface area contributed by atoms with Crippen LogP contribution in [0.3, 0.4) is 0 Å². The molecule has 31 heavy (non-hydrogen) atoms. The second-order valence-electron chi connectivity index (χ2n) is 6.38. The Morgan fingerprint density at radius 1 is 0.613 bits per heavy atom. The molecule has 0 aliphatic carbocycles. The minimum absolute atomic E-state index is 0.0927. The van der Waals surface area contributed by atoms with E-state index in [1.807, 2.05) is 24.3 Å². The first-order valence-electron chi connectivity index (χ1n) is 8.09. The lowest BCUT2D eigenvalue weighted by atomic mass is 9.80. The molecule has 12 heteroatoms. The van der Waals surface area contributed by atoms with Crippen LogP contribution in [-0.4, -0.2) is 10.2 Å². The van der Waals surface area contributed by atoms with E-state index in [2.05, 4.69) is 127 Å². The summed E-state index contributed by atoms with van der Waals surface area (Å²) in [6.07, 6.45) is 0. The van der Waals surface area contributed by atoms with E-state index >= 15 is 0 Å². The quantitative estimate of drug-likeness (QED) is 0.153. The molecule has 3 aromatic carbocycles. The molecule has 0 aromatic heterocycles. The zero-order chi connectivity index (χ0) is 22.8. The Morgan fingerprint density at radius 2 is 1.00 bits per heavy atom. The van der Waals surface area contributed by atoms with Crippen molar-refractivity contribution in [2.24, 2.45) is 0 Å². The van der Waals surface area contributed by atoms with Crippen LogP contribution in [-0.2, 0) is 9.78 Å². The maximum absolute atomic E-state index is 10.3. The highest BCUT2D eigenvalue weighted by Gasteiger charge is 2.49. The minimum Gasteiger partial charge on any atom is -0.506 e. The number of hydrogen-bond acceptors (Lipinski definition) is 4. The van der Waals surface area contributed by atoms with Crippen molar-refractivity contribution in [1.82, 2.24) is 0 Å². The van der Waals surface area contributed by atoms with Crippen LogP contribution in [0.4, 0.5) is 0 Å². The molecule has 0 amide bonds. The number of rotatable bonds is 2. The molecule has 4 rings (SSSR count). The SMILES string of the molecule is Oc1c(Br)cc(C2(c3cc(Br)c(O)c(Br)c3)OSc3c(Br)c(Br)c(Br)c(Br)c32)cc1Br. The van der Waals surface area contributed by atoms with E-state index in [-0.39, 0.29) is 11.5 Å². The van der Waals surface area contributed by atoms with Crippen molar-refractivity contribution in [2.45, 2.75) is 10.5 Å². The van der Waals surface area contributed by atoms with Crippen LogP contribution in [0.5, 0.6) is 11.5 Å². The van der Waals surface area contributed by atoms with Gasteiger partial charge < -0.3 is 10.2 Å². The Kier molecular flexibility index (Phi) is 7.78. The molecule has 0 fully saturated rings. The number of aromatic hydroxyl groups is 2. The van der Waals surface area contributed by atoms with Gasteiger partial charge in [0.1, 0.15) is 11.5 Å². The lowest BCUT2D eigenvalue weighted by molar-refractivity contribution is 0.203. The largest absolute Gasteiger partial charge is 0.506 e. The first-order chi connectivity index (χ1) is 14.5. The van der Waals surface area contributed by atoms with Crippen LogP contribution in [0.15, 0.2) is 64.9 Å². The third kappa shape index (κ3) is 4.10. The van der Waals surface area contributed by atoms with Crippen LogP contribution in [0.2, 0.25) is 0 Å². The van der Waals surface area contributed by atoms with Gasteiger partial charge in [-0.2, -0.15) is 0 Å². The molecule has 0 unspecified atom stereocenters. The maximum atomic E-state index is 10.3. The molecule has 3 nitrogen and oxygen atoms in total. The van der Waals surface area contributed by atoms with Crippen molar-refractivity contribution < 1.29 is 14.4 Å². The van der Waals surface area contributed by atoms with E-state index in [0.717, 1.165) is 39.5 Å². The summed E-state index contributed by atoms with van der Waals surface area (Å²) >= 11 is 29.7. The predicted octanol–water partition coefficient (Wildman–Crippen LogP) is 10.5. The van der Waals surface area contributed by atoms with Gasteiger partial charge in [-0.15, -0.1) is 0 Å². The second kappa shape index (κ2) is 9.46. The van der Waals surface area contributed by atoms with Crippen molar-refractivity contribution >= 4 is 139 Å². The zero-order valence-electron chi connectivity index (χ0n) is 14.5. The first kappa shape index (κ1) is 25.5. The smallest absolute Gasteiger partial charge is 0.161 e. The van der Waals surface area contributed by atoms with E-state index in [0.29, 0.717) is 17.9 Å². The Morgan fingerprint density at radius 3 is 1.42 bits per heavy atom. The molecule has 0 bridgehead atoms. The highest BCUT2D eigenvalue weighted by molar-refractivity contribution is 9.15. The van der Waals surface area contributed by atoms with E-state index in [9.17, 15) is 10.2 Å². The fraction of sp³-hybridized carbons (Fsp3) is 0.0526. The van der Waals surface area contributed by atoms with Crippen molar-refractivity contribution in [1.29, 1.82) is 0 Å². The van der Waals surface area contributed by atoms with Crippen molar-refractivity contribution in [2.75, 3.05) is 0 Å². The summed E-state index contributed by atoms with van der Waals surface area (Å²) in [4.78, 5) is 0.891. The molecule has 0 radical (unpaired) electrons. The summed E-state index contributed by atoms with van der Waals surface area (Å²) < 4.78 is 11.9. The van der Waals surface area contributed by atoms with Gasteiger partial charge in [0.2, 0.25) is 0 Å². The second-order valence-corrected chi connectivity index (χ2v) is 13.7. The van der Waals surface area contributed by atoms with Crippen molar-refractivity contribution in [3.05, 3.63) is 76.7 Å². The van der Waals surface area contributed by atoms with E-state index < -0.39 is 5.60 Å². The molecule has 1 aliphatic heterocycles. The number of phenols is 2. The van der Waals surface area contributed by atoms with Gasteiger partial charge >= 0.3 is 0 Å². The lowest BCUT2D eigenvalue weighted by Crippen LogP contribution is -2.29. The summed E-state index contributed by atoms with van der Waals surface area (Å²) in [5.74, 6) is 0.185. The van der Waals surface area contributed by atoms with Crippen molar-refractivity contribution in [3.63, 3.8) is 0 Å². The van der Waals surface area contributed by atoms with Gasteiger partial charge in [-0.25, -0.2) is 0 Å². The summed E-state index contributed by atoms with van der Waals surface area (Å²) in [7, 11) is 0. The van der Waals surface area contributed by atoms with Crippen LogP contribution in [0, 0.1) is 0 Å². The van der Waals surface area contributed by atoms with Gasteiger partial charge in [0.05, 0.1) is 22.8 Å². The van der Waals surface area contributed by atoms with Gasteiger partial charge in [-0.05, 0) is 163 Å². The topological polar surface area (TPSA) is 49.7 Å². The Bertz CT molecular complexity index is 1160. The first-order valence-corrected chi connectivity index (χ1v) is 15.2. The van der Waals surface area contributed by atoms with Gasteiger partial charge in [-0.1, -0.05) is 0 Å². The fourth-order valence-corrected chi connectivity index (χ4v) is 9.46. The zero-order valence-corrected chi connectivity index (χ0v) is 28.0. The standard InChI is InChI=1S/C19H6Br8O3S/c20-7-1-5(2-8(21)16(7)28)19(6-3-9(22)17(29)10(23)4-6)11-12(24)13(25)14(26)15(27)18(11)31-30-19/h1-4,28-29H. The lowest BCUT2D eigenvalue weighted by Gasteiger charge is -2.32. The number of hydrogen-bond donors (Lipinski definition) is 2. The Labute approximate surface area is 249 Å². The van der Waals surface area contributed by atoms with E-state index in [4.69, 9.17) is 4.18 Å². The molecule has 0 atom stereocenters. The molecule has 162 valence electrons. The highest BCUT2D eigenvalue weighted by Crippen LogP contribution is 2.61. The summed E-state index contributed by atoms with van der Waals surface area (Å²) in [6.45, 7) is 0. The average molecular weight is 954 g/mol. The highest BCUT2D eigenvalue weighted by atomic mass is 79.9. The Hall–Kier alpha value is 1.41. The fourth-order valence-electron chi connectivity index (χ4n) is 3.24. The van der Waals surface area contributed by atoms with E-state index in [1.54, 1.807) is 0 Å². The van der Waals surface area contributed by atoms with Crippen LogP contribution >= 0.6 is 139 Å². The predicted molar refractivity (Wildman–Crippen MR) is 151 cm³/mol. The number of benzene rings is 3. The molecular weight excluding hydrogens is 948 g/mol. The summed E-state index contributed by atoms with van der Waals surface area (Å²) in [5, 5.41) is 20.6. The van der Waals surface area contributed by atoms with Gasteiger partial charge in [0.15, 0.2) is 5.60 Å². The molecular formula is C19H6Br8O3S. The average Bonchev–Trinajstić information content (AvgIpc) is 3.13. The number of phenolic OH excluding ortho intramolecular Hbond substituents is 2. The third-order valence-corrected chi connectivity index (χ3v) is 13.0. The van der Waals surface area contributed by atoms with Crippen LogP contribution in [0.25, 0.3) is 0 Å². The summed E-state index contributed by atoms with van der Waals surface area (Å²) in [6, 6.07) is 7.28. The maximum Gasteiger partial charge on any atom is 0.161 e.